The highest BCUT2D eigenvalue weighted by Crippen LogP contribution is 2.23. The quantitative estimate of drug-likeness (QED) is 0.649. The number of carbonyl (C=O) groups is 1. The summed E-state index contributed by atoms with van der Waals surface area (Å²) in [7, 11) is 0. The molecule has 0 fully saturated rings. The van der Waals surface area contributed by atoms with Gasteiger partial charge in [-0.3, -0.25) is 0 Å². The molecular formula is C9H12O3. The van der Waals surface area contributed by atoms with Gasteiger partial charge in [0.2, 0.25) is 0 Å². The first-order chi connectivity index (χ1) is 5.57. The Kier molecular flexibility index (Phi) is 2.33. The molecule has 12 heavy (non-hydrogen) atoms. The molecule has 0 bridgehead atoms. The predicted molar refractivity (Wildman–Crippen MR) is 44.7 cm³/mol. The standard InChI is InChI=1S/C9H12O3/c1-2-9(12)5-3-7(4-6-9)8(10)11/h3-5,12H,2,6H2,1H3,(H,10,11). The molecule has 0 amide bonds. The second kappa shape index (κ2) is 3.11. The van der Waals surface area contributed by atoms with Crippen molar-refractivity contribution in [1.29, 1.82) is 0 Å². The molecule has 0 heterocycles. The molecule has 66 valence electrons. The summed E-state index contributed by atoms with van der Waals surface area (Å²) in [4.78, 5) is 10.5. The Morgan fingerprint density at radius 2 is 2.42 bits per heavy atom. The summed E-state index contributed by atoms with van der Waals surface area (Å²) in [5.41, 5.74) is -0.577. The lowest BCUT2D eigenvalue weighted by Crippen LogP contribution is -2.26. The van der Waals surface area contributed by atoms with Gasteiger partial charge in [0.25, 0.3) is 0 Å². The van der Waals surface area contributed by atoms with Gasteiger partial charge < -0.3 is 10.2 Å². The summed E-state index contributed by atoms with van der Waals surface area (Å²) in [6, 6.07) is 0. The number of carboxylic acid groups (broad SMARTS) is 1. The Labute approximate surface area is 71.0 Å². The Balaban J connectivity index is 2.74. The highest BCUT2D eigenvalue weighted by Gasteiger charge is 2.23. The fourth-order valence-electron chi connectivity index (χ4n) is 1.09. The van der Waals surface area contributed by atoms with E-state index in [1.807, 2.05) is 6.92 Å². The zero-order chi connectivity index (χ0) is 9.19. The molecule has 0 saturated heterocycles. The topological polar surface area (TPSA) is 57.5 Å². The smallest absolute Gasteiger partial charge is 0.335 e. The van der Waals surface area contributed by atoms with Crippen LogP contribution in [0.25, 0.3) is 0 Å². The van der Waals surface area contributed by atoms with Crippen LogP contribution in [-0.2, 0) is 4.79 Å². The Morgan fingerprint density at radius 1 is 1.75 bits per heavy atom. The summed E-state index contributed by atoms with van der Waals surface area (Å²) in [6.07, 6.45) is 5.55. The van der Waals surface area contributed by atoms with E-state index in [4.69, 9.17) is 5.11 Å². The number of rotatable bonds is 2. The minimum Gasteiger partial charge on any atom is -0.478 e. The number of hydrogen-bond acceptors (Lipinski definition) is 2. The van der Waals surface area contributed by atoms with Crippen LogP contribution in [0.5, 0.6) is 0 Å². The largest absolute Gasteiger partial charge is 0.478 e. The van der Waals surface area contributed by atoms with E-state index in [-0.39, 0.29) is 5.57 Å². The summed E-state index contributed by atoms with van der Waals surface area (Å²) >= 11 is 0. The maximum Gasteiger partial charge on any atom is 0.335 e. The Bertz CT molecular complexity index is 252. The van der Waals surface area contributed by atoms with E-state index < -0.39 is 11.6 Å². The first kappa shape index (κ1) is 9.00. The molecule has 1 atom stereocenters. The van der Waals surface area contributed by atoms with Crippen molar-refractivity contribution in [1.82, 2.24) is 0 Å². The van der Waals surface area contributed by atoms with Crippen molar-refractivity contribution in [3.63, 3.8) is 0 Å². The van der Waals surface area contributed by atoms with Crippen LogP contribution in [-0.4, -0.2) is 21.8 Å². The van der Waals surface area contributed by atoms with Crippen molar-refractivity contribution < 1.29 is 15.0 Å². The number of aliphatic hydroxyl groups is 1. The van der Waals surface area contributed by atoms with E-state index in [1.54, 1.807) is 12.2 Å². The molecule has 0 spiro atoms. The molecule has 1 unspecified atom stereocenters. The highest BCUT2D eigenvalue weighted by atomic mass is 16.4. The molecule has 0 aromatic carbocycles. The summed E-state index contributed by atoms with van der Waals surface area (Å²) in [6.45, 7) is 1.87. The van der Waals surface area contributed by atoms with Gasteiger partial charge in [0, 0.05) is 0 Å². The van der Waals surface area contributed by atoms with E-state index >= 15 is 0 Å². The molecule has 0 aliphatic heterocycles. The highest BCUT2D eigenvalue weighted by molar-refractivity contribution is 5.90. The van der Waals surface area contributed by atoms with Gasteiger partial charge >= 0.3 is 5.97 Å². The normalized spacial score (nSPS) is 28.3. The van der Waals surface area contributed by atoms with Crippen LogP contribution in [0.15, 0.2) is 23.8 Å². The number of aliphatic carboxylic acids is 1. The number of hydrogen-bond donors (Lipinski definition) is 2. The van der Waals surface area contributed by atoms with Crippen molar-refractivity contribution in [2.75, 3.05) is 0 Å². The van der Waals surface area contributed by atoms with Gasteiger partial charge in [-0.2, -0.15) is 0 Å². The van der Waals surface area contributed by atoms with Crippen LogP contribution in [0.2, 0.25) is 0 Å². The molecule has 2 N–H and O–H groups in total. The van der Waals surface area contributed by atoms with Crippen molar-refractivity contribution in [3.8, 4) is 0 Å². The van der Waals surface area contributed by atoms with Gasteiger partial charge in [-0.25, -0.2) is 4.79 Å². The van der Waals surface area contributed by atoms with Gasteiger partial charge in [0.15, 0.2) is 0 Å². The molecule has 0 saturated carbocycles. The first-order valence-corrected chi connectivity index (χ1v) is 3.92. The van der Waals surface area contributed by atoms with Crippen molar-refractivity contribution in [2.24, 2.45) is 0 Å². The third-order valence-corrected chi connectivity index (χ3v) is 2.11. The van der Waals surface area contributed by atoms with E-state index in [0.29, 0.717) is 12.8 Å². The van der Waals surface area contributed by atoms with E-state index in [0.717, 1.165) is 0 Å². The summed E-state index contributed by atoms with van der Waals surface area (Å²) in [5.74, 6) is -0.940. The first-order valence-electron chi connectivity index (χ1n) is 3.92. The summed E-state index contributed by atoms with van der Waals surface area (Å²) < 4.78 is 0. The molecule has 1 aliphatic carbocycles. The predicted octanol–water partition coefficient (Wildman–Crippen LogP) is 1.10. The van der Waals surface area contributed by atoms with Crippen molar-refractivity contribution in [2.45, 2.75) is 25.4 Å². The molecule has 1 rings (SSSR count). The van der Waals surface area contributed by atoms with Gasteiger partial charge in [-0.15, -0.1) is 0 Å². The minimum atomic E-state index is -0.940. The average Bonchev–Trinajstić information content (AvgIpc) is 2.05. The van der Waals surface area contributed by atoms with Crippen LogP contribution in [0.4, 0.5) is 0 Å². The molecule has 0 radical (unpaired) electrons. The molecule has 0 aromatic heterocycles. The second-order valence-corrected chi connectivity index (χ2v) is 2.96. The monoisotopic (exact) mass is 168 g/mol. The average molecular weight is 168 g/mol. The molecule has 0 aromatic rings. The van der Waals surface area contributed by atoms with E-state index in [2.05, 4.69) is 0 Å². The lowest BCUT2D eigenvalue weighted by Gasteiger charge is -2.23. The third kappa shape index (κ3) is 1.74. The fraction of sp³-hybridized carbons (Fsp3) is 0.444. The fourth-order valence-corrected chi connectivity index (χ4v) is 1.09. The maximum atomic E-state index is 10.5. The maximum absolute atomic E-state index is 10.5. The van der Waals surface area contributed by atoms with E-state index in [9.17, 15) is 9.90 Å². The molecule has 3 nitrogen and oxygen atoms in total. The summed E-state index contributed by atoms with van der Waals surface area (Å²) in [5, 5.41) is 18.2. The van der Waals surface area contributed by atoms with E-state index in [1.165, 1.54) is 6.08 Å². The zero-order valence-corrected chi connectivity index (χ0v) is 6.95. The Hall–Kier alpha value is -1.09. The second-order valence-electron chi connectivity index (χ2n) is 2.96. The minimum absolute atomic E-state index is 0.258. The van der Waals surface area contributed by atoms with Crippen LogP contribution in [0, 0.1) is 0 Å². The van der Waals surface area contributed by atoms with Gasteiger partial charge in [-0.05, 0) is 18.9 Å². The number of carboxylic acids is 1. The zero-order valence-electron chi connectivity index (χ0n) is 6.95. The lowest BCUT2D eigenvalue weighted by molar-refractivity contribution is -0.132. The van der Waals surface area contributed by atoms with Crippen molar-refractivity contribution in [3.05, 3.63) is 23.8 Å². The van der Waals surface area contributed by atoms with Gasteiger partial charge in [-0.1, -0.05) is 19.1 Å². The van der Waals surface area contributed by atoms with Crippen LogP contribution in [0.1, 0.15) is 19.8 Å². The Morgan fingerprint density at radius 3 is 2.75 bits per heavy atom. The van der Waals surface area contributed by atoms with Gasteiger partial charge in [0.1, 0.15) is 0 Å². The van der Waals surface area contributed by atoms with Gasteiger partial charge in [0.05, 0.1) is 11.2 Å². The van der Waals surface area contributed by atoms with Crippen LogP contribution in [0.3, 0.4) is 0 Å². The molecular weight excluding hydrogens is 156 g/mol. The van der Waals surface area contributed by atoms with Crippen molar-refractivity contribution >= 4 is 5.97 Å². The lowest BCUT2D eigenvalue weighted by atomic mass is 9.90. The third-order valence-electron chi connectivity index (χ3n) is 2.11. The van der Waals surface area contributed by atoms with Crippen LogP contribution < -0.4 is 0 Å². The molecule has 1 aliphatic rings. The van der Waals surface area contributed by atoms with Crippen LogP contribution >= 0.6 is 0 Å². The SMILES string of the molecule is CCC1(O)C=CC(C(=O)O)=CC1. The molecule has 3 heteroatoms.